The van der Waals surface area contributed by atoms with Gasteiger partial charge in [-0.05, 0) is 27.2 Å². The first-order valence-corrected chi connectivity index (χ1v) is 5.08. The molecule has 0 aromatic rings. The molecule has 1 saturated heterocycles. The summed E-state index contributed by atoms with van der Waals surface area (Å²) in [6.45, 7) is 6.65. The summed E-state index contributed by atoms with van der Waals surface area (Å²) in [5.74, 6) is 0.234. The highest BCUT2D eigenvalue weighted by Crippen LogP contribution is 2.15. The van der Waals surface area contributed by atoms with Crippen LogP contribution in [0.3, 0.4) is 0 Å². The van der Waals surface area contributed by atoms with Gasteiger partial charge in [0.1, 0.15) is 5.78 Å². The molecule has 80 valence electrons. The van der Waals surface area contributed by atoms with Crippen molar-refractivity contribution in [2.24, 2.45) is 0 Å². The van der Waals surface area contributed by atoms with Crippen LogP contribution in [0.2, 0.25) is 0 Å². The fourth-order valence-corrected chi connectivity index (χ4v) is 1.82. The second kappa shape index (κ2) is 4.55. The van der Waals surface area contributed by atoms with Crippen LogP contribution in [0.5, 0.6) is 0 Å². The third kappa shape index (κ3) is 2.54. The molecule has 0 N–H and O–H groups in total. The van der Waals surface area contributed by atoms with E-state index in [0.29, 0.717) is 13.0 Å². The molecule has 1 fully saturated rings. The Kier molecular flexibility index (Phi) is 3.63. The first kappa shape index (κ1) is 11.2. The Hall–Kier alpha value is -0.900. The molecule has 0 radical (unpaired) electrons. The number of Topliss-reactive ketones (excluding diaryl/α,β-unsaturated/α-hetero) is 1. The lowest BCUT2D eigenvalue weighted by atomic mass is 10.2. The predicted molar refractivity (Wildman–Crippen MR) is 53.5 cm³/mol. The molecule has 1 heterocycles. The number of carbonyl (C=O) groups excluding carboxylic acids is 2. The first-order chi connectivity index (χ1) is 6.52. The van der Waals surface area contributed by atoms with Crippen LogP contribution in [0.4, 0.5) is 0 Å². The topological polar surface area (TPSA) is 40.6 Å². The highest BCUT2D eigenvalue weighted by Gasteiger charge is 2.28. The Balaban J connectivity index is 2.69. The van der Waals surface area contributed by atoms with E-state index in [-0.39, 0.29) is 17.7 Å². The molecule has 1 rings (SSSR count). The van der Waals surface area contributed by atoms with Crippen LogP contribution in [0.25, 0.3) is 0 Å². The molecule has 0 saturated carbocycles. The molecule has 0 aromatic heterocycles. The molecule has 0 aromatic carbocycles. The van der Waals surface area contributed by atoms with Crippen LogP contribution in [-0.4, -0.2) is 40.8 Å². The van der Waals surface area contributed by atoms with E-state index in [9.17, 15) is 9.59 Å². The summed E-state index contributed by atoms with van der Waals surface area (Å²) in [5, 5.41) is 3.57. The minimum Gasteiger partial charge on any atom is -0.298 e. The Morgan fingerprint density at radius 2 is 2.14 bits per heavy atom. The fraction of sp³-hybridized carbons (Fsp3) is 0.800. The minimum atomic E-state index is 0.102. The van der Waals surface area contributed by atoms with Crippen molar-refractivity contribution in [1.82, 2.24) is 10.0 Å². The summed E-state index contributed by atoms with van der Waals surface area (Å²) >= 11 is 0. The summed E-state index contributed by atoms with van der Waals surface area (Å²) in [6.07, 6.45) is 1.46. The van der Waals surface area contributed by atoms with Crippen LogP contribution < -0.4 is 0 Å². The van der Waals surface area contributed by atoms with Gasteiger partial charge in [0.05, 0.1) is 6.54 Å². The third-order valence-corrected chi connectivity index (χ3v) is 2.26. The molecular weight excluding hydrogens is 180 g/mol. The van der Waals surface area contributed by atoms with Crippen LogP contribution in [0, 0.1) is 0 Å². The van der Waals surface area contributed by atoms with E-state index in [1.165, 1.54) is 0 Å². The second-order valence-corrected chi connectivity index (χ2v) is 4.03. The average Bonchev–Trinajstić information content (AvgIpc) is 2.01. The molecule has 4 heteroatoms. The predicted octanol–water partition coefficient (Wildman–Crippen LogP) is 0.823. The van der Waals surface area contributed by atoms with Crippen molar-refractivity contribution >= 4 is 11.7 Å². The van der Waals surface area contributed by atoms with Gasteiger partial charge in [-0.1, -0.05) is 0 Å². The van der Waals surface area contributed by atoms with Crippen molar-refractivity contribution in [2.75, 3.05) is 13.1 Å². The van der Waals surface area contributed by atoms with Gasteiger partial charge in [-0.2, -0.15) is 0 Å². The highest BCUT2D eigenvalue weighted by molar-refractivity contribution is 5.80. The van der Waals surface area contributed by atoms with Crippen molar-refractivity contribution in [2.45, 2.75) is 39.7 Å². The number of amides is 1. The number of hydrogen-bond donors (Lipinski definition) is 0. The standard InChI is InChI=1S/C10H18N2O2/c1-8(2)12-10(14)5-4-6-11(12)7-9(3)13/h8H,4-7H2,1-3H3. The summed E-state index contributed by atoms with van der Waals surface area (Å²) in [4.78, 5) is 22.6. The minimum absolute atomic E-state index is 0.102. The molecule has 4 nitrogen and oxygen atoms in total. The van der Waals surface area contributed by atoms with E-state index in [0.717, 1.165) is 13.0 Å². The zero-order valence-corrected chi connectivity index (χ0v) is 9.12. The molecule has 1 aliphatic rings. The smallest absolute Gasteiger partial charge is 0.237 e. The lowest BCUT2D eigenvalue weighted by Gasteiger charge is -2.40. The van der Waals surface area contributed by atoms with E-state index in [2.05, 4.69) is 0 Å². The molecule has 0 aliphatic carbocycles. The molecule has 0 unspecified atom stereocenters. The number of rotatable bonds is 3. The maximum Gasteiger partial charge on any atom is 0.237 e. The zero-order chi connectivity index (χ0) is 10.7. The molecule has 0 atom stereocenters. The molecule has 0 bridgehead atoms. The Morgan fingerprint density at radius 1 is 1.50 bits per heavy atom. The van der Waals surface area contributed by atoms with Crippen molar-refractivity contribution < 1.29 is 9.59 Å². The maximum atomic E-state index is 11.6. The summed E-state index contributed by atoms with van der Waals surface area (Å²) in [7, 11) is 0. The number of hydrogen-bond acceptors (Lipinski definition) is 3. The Morgan fingerprint density at radius 3 is 2.64 bits per heavy atom. The van der Waals surface area contributed by atoms with E-state index < -0.39 is 0 Å². The molecule has 14 heavy (non-hydrogen) atoms. The van der Waals surface area contributed by atoms with Crippen molar-refractivity contribution in [1.29, 1.82) is 0 Å². The molecule has 1 aliphatic heterocycles. The van der Waals surface area contributed by atoms with E-state index in [1.807, 2.05) is 18.9 Å². The average molecular weight is 198 g/mol. The molecular formula is C10H18N2O2. The summed E-state index contributed by atoms with van der Waals surface area (Å²) < 4.78 is 0. The normalized spacial score (nSPS) is 19.1. The van der Waals surface area contributed by atoms with Gasteiger partial charge in [0.15, 0.2) is 0 Å². The number of nitrogens with zero attached hydrogens (tertiary/aromatic N) is 2. The quantitative estimate of drug-likeness (QED) is 0.674. The van der Waals surface area contributed by atoms with Gasteiger partial charge in [-0.25, -0.2) is 5.01 Å². The zero-order valence-electron chi connectivity index (χ0n) is 9.12. The fourth-order valence-electron chi connectivity index (χ4n) is 1.82. The van der Waals surface area contributed by atoms with Crippen molar-refractivity contribution in [3.63, 3.8) is 0 Å². The van der Waals surface area contributed by atoms with Gasteiger partial charge in [0.2, 0.25) is 5.91 Å². The van der Waals surface area contributed by atoms with Crippen LogP contribution in [-0.2, 0) is 9.59 Å². The van der Waals surface area contributed by atoms with Crippen LogP contribution in [0.1, 0.15) is 33.6 Å². The maximum absolute atomic E-state index is 11.6. The van der Waals surface area contributed by atoms with Gasteiger partial charge in [-0.3, -0.25) is 14.6 Å². The van der Waals surface area contributed by atoms with Gasteiger partial charge in [0, 0.05) is 19.0 Å². The summed E-state index contributed by atoms with van der Waals surface area (Å²) in [5.41, 5.74) is 0. The van der Waals surface area contributed by atoms with E-state index in [4.69, 9.17) is 0 Å². The summed E-state index contributed by atoms with van der Waals surface area (Å²) in [6, 6.07) is 0.141. The van der Waals surface area contributed by atoms with Crippen molar-refractivity contribution in [3.05, 3.63) is 0 Å². The highest BCUT2D eigenvalue weighted by atomic mass is 16.2. The Labute approximate surface area is 84.8 Å². The van der Waals surface area contributed by atoms with Gasteiger partial charge in [-0.15, -0.1) is 0 Å². The first-order valence-electron chi connectivity index (χ1n) is 5.08. The van der Waals surface area contributed by atoms with Crippen LogP contribution in [0.15, 0.2) is 0 Å². The van der Waals surface area contributed by atoms with E-state index in [1.54, 1.807) is 11.9 Å². The molecule has 0 spiro atoms. The number of ketones is 1. The largest absolute Gasteiger partial charge is 0.298 e. The third-order valence-electron chi connectivity index (χ3n) is 2.26. The number of hydrazine groups is 1. The van der Waals surface area contributed by atoms with Gasteiger partial charge < -0.3 is 0 Å². The van der Waals surface area contributed by atoms with Gasteiger partial charge >= 0.3 is 0 Å². The van der Waals surface area contributed by atoms with E-state index >= 15 is 0 Å². The lowest BCUT2D eigenvalue weighted by molar-refractivity contribution is -0.161. The monoisotopic (exact) mass is 198 g/mol. The van der Waals surface area contributed by atoms with Crippen molar-refractivity contribution in [3.8, 4) is 0 Å². The number of carbonyl (C=O) groups is 2. The van der Waals surface area contributed by atoms with Gasteiger partial charge in [0.25, 0.3) is 0 Å². The second-order valence-electron chi connectivity index (χ2n) is 4.03. The molecule has 1 amide bonds. The SMILES string of the molecule is CC(=O)CN1CCCC(=O)N1C(C)C. The van der Waals surface area contributed by atoms with Crippen LogP contribution >= 0.6 is 0 Å². The Bertz CT molecular complexity index is 238. The lowest BCUT2D eigenvalue weighted by Crippen LogP contribution is -2.54.